The van der Waals surface area contributed by atoms with Gasteiger partial charge in [-0.25, -0.2) is 0 Å². The van der Waals surface area contributed by atoms with Gasteiger partial charge in [0.05, 0.1) is 0 Å². The number of hydrogen-bond acceptors (Lipinski definition) is 0. The summed E-state index contributed by atoms with van der Waals surface area (Å²) in [6.45, 7) is 6.78. The maximum Gasteiger partial charge on any atom is 0.0143 e. The Kier molecular flexibility index (Phi) is 28.7. The highest BCUT2D eigenvalue weighted by atomic mass is 79.9. The Morgan fingerprint density at radius 2 is 0.957 bits per heavy atom. The summed E-state index contributed by atoms with van der Waals surface area (Å²) in [4.78, 5) is 0.768. The molecule has 0 aromatic rings. The number of unbranched alkanes of at least 4 members (excludes halogenated alkanes) is 12. The molecular formula is C21H44Br2. The van der Waals surface area contributed by atoms with Crippen LogP contribution in [-0.2, 0) is 0 Å². The molecule has 0 N–H and O–H groups in total. The molecule has 0 aliphatic carbocycles. The van der Waals surface area contributed by atoms with Crippen molar-refractivity contribution in [3.05, 3.63) is 0 Å². The fourth-order valence-corrected chi connectivity index (χ4v) is 3.30. The smallest absolute Gasteiger partial charge is 0.0143 e. The second kappa shape index (κ2) is 25.2. The minimum atomic E-state index is 0.768. The van der Waals surface area contributed by atoms with Gasteiger partial charge in [-0.1, -0.05) is 136 Å². The van der Waals surface area contributed by atoms with Crippen LogP contribution >= 0.6 is 31.9 Å². The molecular weight excluding hydrogens is 412 g/mol. The summed E-state index contributed by atoms with van der Waals surface area (Å²) in [6.07, 6.45) is 22.5. The zero-order valence-corrected chi connectivity index (χ0v) is 19.5. The average Bonchev–Trinajstić information content (AvgIpc) is 2.57. The van der Waals surface area contributed by atoms with Crippen LogP contribution in [0, 0.1) is 0 Å². The van der Waals surface area contributed by atoms with Gasteiger partial charge in [-0.3, -0.25) is 0 Å². The summed E-state index contributed by atoms with van der Waals surface area (Å²) in [5.74, 6) is 0. The third-order valence-electron chi connectivity index (χ3n) is 4.30. The molecule has 0 fully saturated rings. The molecule has 0 aliphatic rings. The molecule has 0 rings (SSSR count). The lowest BCUT2D eigenvalue weighted by Crippen LogP contribution is -1.94. The van der Waals surface area contributed by atoms with Crippen molar-refractivity contribution >= 4 is 31.9 Å². The summed E-state index contributed by atoms with van der Waals surface area (Å²) < 4.78 is 0. The van der Waals surface area contributed by atoms with Gasteiger partial charge in [0.15, 0.2) is 0 Å². The van der Waals surface area contributed by atoms with E-state index in [-0.39, 0.29) is 0 Å². The maximum atomic E-state index is 3.65. The molecule has 0 amide bonds. The highest BCUT2D eigenvalue weighted by Gasteiger charge is 1.98. The summed E-state index contributed by atoms with van der Waals surface area (Å²) in [5, 5.41) is 1.18. The molecule has 2 heteroatoms. The van der Waals surface area contributed by atoms with Crippen LogP contribution < -0.4 is 0 Å². The van der Waals surface area contributed by atoms with E-state index in [4.69, 9.17) is 0 Å². The zero-order chi connectivity index (χ0) is 17.6. The fraction of sp³-hybridized carbons (Fsp3) is 1.00. The monoisotopic (exact) mass is 454 g/mol. The Morgan fingerprint density at radius 3 is 1.35 bits per heavy atom. The van der Waals surface area contributed by atoms with Crippen molar-refractivity contribution in [1.29, 1.82) is 0 Å². The topological polar surface area (TPSA) is 0 Å². The van der Waals surface area contributed by atoms with E-state index in [1.807, 2.05) is 0 Å². The Balaban J connectivity index is 0. The van der Waals surface area contributed by atoms with Gasteiger partial charge in [0.2, 0.25) is 0 Å². The lowest BCUT2D eigenvalue weighted by Gasteiger charge is -2.04. The quantitative estimate of drug-likeness (QED) is 0.160. The van der Waals surface area contributed by atoms with E-state index < -0.39 is 0 Å². The highest BCUT2D eigenvalue weighted by molar-refractivity contribution is 9.09. The first-order valence-corrected chi connectivity index (χ1v) is 12.5. The molecule has 0 radical (unpaired) electrons. The van der Waals surface area contributed by atoms with E-state index in [2.05, 4.69) is 52.6 Å². The summed E-state index contributed by atoms with van der Waals surface area (Å²) >= 11 is 7.10. The summed E-state index contributed by atoms with van der Waals surface area (Å²) in [7, 11) is 0. The van der Waals surface area contributed by atoms with Crippen molar-refractivity contribution in [2.45, 2.75) is 128 Å². The van der Waals surface area contributed by atoms with Crippen molar-refractivity contribution in [2.24, 2.45) is 0 Å². The normalized spacial score (nSPS) is 11.9. The molecule has 0 heterocycles. The van der Waals surface area contributed by atoms with Crippen LogP contribution in [0.5, 0.6) is 0 Å². The van der Waals surface area contributed by atoms with Crippen molar-refractivity contribution in [1.82, 2.24) is 0 Å². The SMILES string of the molecule is CCCCCCCC(Br)CC.CCCCCCCCCCCBr. The van der Waals surface area contributed by atoms with Crippen molar-refractivity contribution in [2.75, 3.05) is 5.33 Å². The van der Waals surface area contributed by atoms with Gasteiger partial charge in [0.1, 0.15) is 0 Å². The molecule has 0 saturated heterocycles. The lowest BCUT2D eigenvalue weighted by molar-refractivity contribution is 0.573. The molecule has 0 bridgehead atoms. The molecule has 23 heavy (non-hydrogen) atoms. The van der Waals surface area contributed by atoms with E-state index in [0.29, 0.717) is 0 Å². The fourth-order valence-electron chi connectivity index (χ4n) is 2.58. The first-order valence-electron chi connectivity index (χ1n) is 10.4. The van der Waals surface area contributed by atoms with Gasteiger partial charge >= 0.3 is 0 Å². The van der Waals surface area contributed by atoms with Crippen molar-refractivity contribution in [3.63, 3.8) is 0 Å². The average molecular weight is 456 g/mol. The van der Waals surface area contributed by atoms with Gasteiger partial charge < -0.3 is 0 Å². The number of alkyl halides is 2. The summed E-state index contributed by atoms with van der Waals surface area (Å²) in [5.41, 5.74) is 0. The molecule has 0 aromatic carbocycles. The Morgan fingerprint density at radius 1 is 0.565 bits per heavy atom. The molecule has 0 saturated carbocycles. The van der Waals surface area contributed by atoms with Crippen LogP contribution in [0.15, 0.2) is 0 Å². The first-order chi connectivity index (χ1) is 11.2. The predicted octanol–water partition coefficient (Wildman–Crippen LogP) is 9.43. The van der Waals surface area contributed by atoms with Crippen LogP contribution in [-0.4, -0.2) is 10.2 Å². The molecule has 0 aliphatic heterocycles. The second-order valence-electron chi connectivity index (χ2n) is 6.73. The van der Waals surface area contributed by atoms with E-state index in [0.717, 1.165) is 4.83 Å². The van der Waals surface area contributed by atoms with Crippen LogP contribution in [0.25, 0.3) is 0 Å². The van der Waals surface area contributed by atoms with Crippen molar-refractivity contribution < 1.29 is 0 Å². The third kappa shape index (κ3) is 28.1. The van der Waals surface area contributed by atoms with Crippen LogP contribution in [0.3, 0.4) is 0 Å². The van der Waals surface area contributed by atoms with E-state index in [1.54, 1.807) is 0 Å². The Bertz CT molecular complexity index is 173. The summed E-state index contributed by atoms with van der Waals surface area (Å²) in [6, 6.07) is 0. The number of halogens is 2. The van der Waals surface area contributed by atoms with Gasteiger partial charge in [-0.2, -0.15) is 0 Å². The highest BCUT2D eigenvalue weighted by Crippen LogP contribution is 2.14. The van der Waals surface area contributed by atoms with Gasteiger partial charge in [0, 0.05) is 10.2 Å². The Hall–Kier alpha value is 0.960. The minimum absolute atomic E-state index is 0.768. The van der Waals surface area contributed by atoms with Crippen LogP contribution in [0.4, 0.5) is 0 Å². The minimum Gasteiger partial charge on any atom is -0.0928 e. The van der Waals surface area contributed by atoms with Crippen molar-refractivity contribution in [3.8, 4) is 0 Å². The molecule has 0 nitrogen and oxygen atoms in total. The first kappa shape index (κ1) is 26.2. The number of rotatable bonds is 16. The van der Waals surface area contributed by atoms with Gasteiger partial charge in [-0.15, -0.1) is 0 Å². The lowest BCUT2D eigenvalue weighted by atomic mass is 10.1. The third-order valence-corrected chi connectivity index (χ3v) is 5.97. The zero-order valence-electron chi connectivity index (χ0n) is 16.4. The second-order valence-corrected chi connectivity index (χ2v) is 8.81. The predicted molar refractivity (Wildman–Crippen MR) is 117 cm³/mol. The van der Waals surface area contributed by atoms with E-state index in [1.165, 1.54) is 108 Å². The molecule has 0 spiro atoms. The van der Waals surface area contributed by atoms with E-state index >= 15 is 0 Å². The van der Waals surface area contributed by atoms with Crippen LogP contribution in [0.1, 0.15) is 124 Å². The number of hydrogen-bond donors (Lipinski definition) is 0. The molecule has 1 atom stereocenters. The van der Waals surface area contributed by atoms with Crippen LogP contribution in [0.2, 0.25) is 0 Å². The standard InChI is InChI=1S/C11H23Br.C10H21Br/c1-2-3-4-5-6-7-8-9-10-11-12;1-3-5-6-7-8-9-10(11)4-2/h2-11H2,1H3;10H,3-9H2,1-2H3. The van der Waals surface area contributed by atoms with Gasteiger partial charge in [-0.05, 0) is 19.3 Å². The Labute approximate surface area is 165 Å². The largest absolute Gasteiger partial charge is 0.0928 e. The van der Waals surface area contributed by atoms with Gasteiger partial charge in [0.25, 0.3) is 0 Å². The molecule has 142 valence electrons. The van der Waals surface area contributed by atoms with E-state index in [9.17, 15) is 0 Å². The molecule has 1 unspecified atom stereocenters. The maximum absolute atomic E-state index is 3.65. The molecule has 0 aromatic heterocycles.